The summed E-state index contributed by atoms with van der Waals surface area (Å²) in [4.78, 5) is 48.4. The summed E-state index contributed by atoms with van der Waals surface area (Å²) in [5.74, 6) is -0.0244. The van der Waals surface area contributed by atoms with Crippen LogP contribution in [0.2, 0.25) is 0 Å². The van der Waals surface area contributed by atoms with Crippen LogP contribution in [0.1, 0.15) is 35.1 Å². The summed E-state index contributed by atoms with van der Waals surface area (Å²) in [6, 6.07) is 1.60. The highest BCUT2D eigenvalue weighted by Gasteiger charge is 2.27. The number of fused-ring (bicyclic) bond motifs is 2. The Morgan fingerprint density at radius 2 is 2.00 bits per heavy atom. The number of nitrogen functional groups attached to an aromatic ring is 1. The number of carbonyl (C=O) groups is 1. The fraction of sp³-hybridized carbons (Fsp3) is 0.421. The maximum atomic E-state index is 13.4. The summed E-state index contributed by atoms with van der Waals surface area (Å²) in [5, 5.41) is 0.357. The zero-order valence-corrected chi connectivity index (χ0v) is 16.7. The molecular formula is C19H23N7O3. The Balaban J connectivity index is 1.83. The molecule has 0 aliphatic carbocycles. The second kappa shape index (κ2) is 6.87. The molecule has 3 aromatic heterocycles. The fourth-order valence-electron chi connectivity index (χ4n) is 3.92. The Bertz CT molecular complexity index is 1250. The number of nitrogens with two attached hydrogens (primary N) is 1. The van der Waals surface area contributed by atoms with Gasteiger partial charge in [0.05, 0.1) is 17.6 Å². The number of hydrogen-bond donors (Lipinski definition) is 1. The van der Waals surface area contributed by atoms with Crippen molar-refractivity contribution >= 4 is 22.9 Å². The number of aryl methyl sites for hydroxylation is 2. The van der Waals surface area contributed by atoms with Crippen molar-refractivity contribution < 1.29 is 4.79 Å². The third kappa shape index (κ3) is 2.91. The standard InChI is InChI=1S/C19H23N7O3/c1-4-6-26-14(8-12-15(26)23(2)19(29)24(3)16(12)27)17(28)25-7-5-11-9-21-18(20)22-13(11)10-25/h8-9H,4-7,10H2,1-3H3,(H2,20,21,22). The van der Waals surface area contributed by atoms with E-state index >= 15 is 0 Å². The highest BCUT2D eigenvalue weighted by atomic mass is 16.2. The molecule has 0 unspecified atom stereocenters. The Morgan fingerprint density at radius 1 is 1.24 bits per heavy atom. The second-order valence-electron chi connectivity index (χ2n) is 7.30. The predicted octanol–water partition coefficient (Wildman–Crippen LogP) is 0.0194. The van der Waals surface area contributed by atoms with Crippen LogP contribution in [0.3, 0.4) is 0 Å². The number of anilines is 1. The van der Waals surface area contributed by atoms with Crippen LogP contribution in [-0.2, 0) is 33.6 Å². The molecule has 4 heterocycles. The van der Waals surface area contributed by atoms with Crippen LogP contribution in [0.4, 0.5) is 5.95 Å². The second-order valence-corrected chi connectivity index (χ2v) is 7.30. The molecule has 1 amide bonds. The third-order valence-electron chi connectivity index (χ3n) is 5.41. The van der Waals surface area contributed by atoms with Crippen LogP contribution < -0.4 is 17.0 Å². The van der Waals surface area contributed by atoms with Gasteiger partial charge >= 0.3 is 5.69 Å². The van der Waals surface area contributed by atoms with Gasteiger partial charge in [-0.25, -0.2) is 14.8 Å². The first-order chi connectivity index (χ1) is 13.8. The first-order valence-electron chi connectivity index (χ1n) is 9.52. The smallest absolute Gasteiger partial charge is 0.332 e. The molecule has 1 aliphatic heterocycles. The SMILES string of the molecule is CCCn1c(C(=O)N2CCc3cnc(N)nc3C2)cc2c(=O)n(C)c(=O)n(C)c21. The Kier molecular flexibility index (Phi) is 4.48. The largest absolute Gasteiger partial charge is 0.368 e. The number of amides is 1. The lowest BCUT2D eigenvalue weighted by atomic mass is 10.1. The minimum Gasteiger partial charge on any atom is -0.368 e. The van der Waals surface area contributed by atoms with Gasteiger partial charge in [0, 0.05) is 33.4 Å². The van der Waals surface area contributed by atoms with Gasteiger partial charge in [-0.15, -0.1) is 0 Å². The van der Waals surface area contributed by atoms with Gasteiger partial charge in [-0.05, 0) is 24.5 Å². The van der Waals surface area contributed by atoms with Crippen molar-refractivity contribution in [2.75, 3.05) is 12.3 Å². The molecule has 0 bridgehead atoms. The lowest BCUT2D eigenvalue weighted by Gasteiger charge is -2.28. The van der Waals surface area contributed by atoms with Gasteiger partial charge in [-0.3, -0.25) is 18.7 Å². The molecule has 0 fully saturated rings. The van der Waals surface area contributed by atoms with Crippen LogP contribution >= 0.6 is 0 Å². The predicted molar refractivity (Wildman–Crippen MR) is 108 cm³/mol. The van der Waals surface area contributed by atoms with Gasteiger partial charge < -0.3 is 15.2 Å². The van der Waals surface area contributed by atoms with Crippen LogP contribution in [0.5, 0.6) is 0 Å². The summed E-state index contributed by atoms with van der Waals surface area (Å²) < 4.78 is 4.25. The van der Waals surface area contributed by atoms with Crippen LogP contribution in [-0.4, -0.2) is 41.0 Å². The van der Waals surface area contributed by atoms with E-state index in [0.717, 1.165) is 22.2 Å². The molecule has 0 aromatic carbocycles. The molecule has 4 rings (SSSR count). The Hall–Kier alpha value is -3.43. The average Bonchev–Trinajstić information content (AvgIpc) is 3.09. The van der Waals surface area contributed by atoms with Gasteiger partial charge in [0.1, 0.15) is 11.3 Å². The molecule has 152 valence electrons. The molecule has 0 saturated heterocycles. The number of rotatable bonds is 3. The van der Waals surface area contributed by atoms with E-state index in [1.807, 2.05) is 6.92 Å². The number of carbonyl (C=O) groups excluding carboxylic acids is 1. The highest BCUT2D eigenvalue weighted by Crippen LogP contribution is 2.22. The summed E-state index contributed by atoms with van der Waals surface area (Å²) in [6.07, 6.45) is 3.09. The number of hydrogen-bond acceptors (Lipinski definition) is 6. The normalized spacial score (nSPS) is 13.7. The Labute approximate surface area is 166 Å². The van der Waals surface area contributed by atoms with E-state index in [2.05, 4.69) is 9.97 Å². The maximum absolute atomic E-state index is 13.4. The summed E-state index contributed by atoms with van der Waals surface area (Å²) in [6.45, 7) is 3.34. The van der Waals surface area contributed by atoms with Gasteiger partial charge in [0.2, 0.25) is 5.95 Å². The van der Waals surface area contributed by atoms with E-state index in [-0.39, 0.29) is 11.9 Å². The van der Waals surface area contributed by atoms with Crippen molar-refractivity contribution in [1.29, 1.82) is 0 Å². The van der Waals surface area contributed by atoms with Gasteiger partial charge in [-0.1, -0.05) is 6.92 Å². The fourth-order valence-corrected chi connectivity index (χ4v) is 3.92. The molecule has 10 nitrogen and oxygen atoms in total. The number of aromatic nitrogens is 5. The molecule has 1 aliphatic rings. The number of nitrogens with zero attached hydrogens (tertiary/aromatic N) is 6. The van der Waals surface area contributed by atoms with Gasteiger partial charge in [-0.2, -0.15) is 0 Å². The molecule has 0 spiro atoms. The lowest BCUT2D eigenvalue weighted by Crippen LogP contribution is -2.38. The van der Waals surface area contributed by atoms with Gasteiger partial charge in [0.25, 0.3) is 11.5 Å². The van der Waals surface area contributed by atoms with Crippen LogP contribution in [0.25, 0.3) is 11.0 Å². The molecular weight excluding hydrogens is 374 g/mol. The first kappa shape index (κ1) is 18.9. The minimum atomic E-state index is -0.420. The van der Waals surface area contributed by atoms with E-state index in [4.69, 9.17) is 5.73 Å². The van der Waals surface area contributed by atoms with Gasteiger partial charge in [0.15, 0.2) is 0 Å². The Morgan fingerprint density at radius 3 is 2.72 bits per heavy atom. The summed E-state index contributed by atoms with van der Waals surface area (Å²) in [7, 11) is 3.05. The molecule has 2 N–H and O–H groups in total. The van der Waals surface area contributed by atoms with Crippen molar-refractivity contribution in [2.24, 2.45) is 14.1 Å². The highest BCUT2D eigenvalue weighted by molar-refractivity contribution is 5.98. The average molecular weight is 397 g/mol. The molecule has 29 heavy (non-hydrogen) atoms. The van der Waals surface area contributed by atoms with E-state index in [1.54, 1.807) is 28.8 Å². The van der Waals surface area contributed by atoms with Crippen molar-refractivity contribution in [3.63, 3.8) is 0 Å². The zero-order valence-electron chi connectivity index (χ0n) is 16.7. The lowest BCUT2D eigenvalue weighted by molar-refractivity contribution is 0.0721. The molecule has 0 radical (unpaired) electrons. The molecule has 10 heteroatoms. The van der Waals surface area contributed by atoms with Crippen molar-refractivity contribution in [3.8, 4) is 0 Å². The first-order valence-corrected chi connectivity index (χ1v) is 9.52. The molecule has 0 atom stereocenters. The topological polar surface area (TPSA) is 121 Å². The minimum absolute atomic E-state index is 0.177. The van der Waals surface area contributed by atoms with Crippen molar-refractivity contribution in [2.45, 2.75) is 32.9 Å². The molecule has 3 aromatic rings. The quantitative estimate of drug-likeness (QED) is 0.665. The van der Waals surface area contributed by atoms with E-state index in [0.29, 0.717) is 42.8 Å². The summed E-state index contributed by atoms with van der Waals surface area (Å²) >= 11 is 0. The maximum Gasteiger partial charge on any atom is 0.332 e. The van der Waals surface area contributed by atoms with Crippen LogP contribution in [0, 0.1) is 0 Å². The van der Waals surface area contributed by atoms with Crippen molar-refractivity contribution in [3.05, 3.63) is 50.1 Å². The van der Waals surface area contributed by atoms with E-state index in [1.165, 1.54) is 11.6 Å². The van der Waals surface area contributed by atoms with Crippen LogP contribution in [0.15, 0.2) is 21.9 Å². The third-order valence-corrected chi connectivity index (χ3v) is 5.41. The zero-order chi connectivity index (χ0) is 20.9. The molecule has 0 saturated carbocycles. The van der Waals surface area contributed by atoms with E-state index in [9.17, 15) is 14.4 Å². The monoisotopic (exact) mass is 397 g/mol. The summed E-state index contributed by atoms with van der Waals surface area (Å²) in [5.41, 5.74) is 7.44. The van der Waals surface area contributed by atoms with Crippen molar-refractivity contribution in [1.82, 2.24) is 28.6 Å². The van der Waals surface area contributed by atoms with E-state index < -0.39 is 11.2 Å².